The minimum atomic E-state index is 0.499. The van der Waals surface area contributed by atoms with Crippen LogP contribution in [0.5, 0.6) is 0 Å². The molecule has 0 fully saturated rings. The molecule has 0 saturated heterocycles. The Kier molecular flexibility index (Phi) is 5.56. The third-order valence-electron chi connectivity index (χ3n) is 3.08. The second-order valence-electron chi connectivity index (χ2n) is 4.53. The van der Waals surface area contributed by atoms with Gasteiger partial charge < -0.3 is 5.32 Å². The van der Waals surface area contributed by atoms with E-state index < -0.39 is 0 Å². The van der Waals surface area contributed by atoms with Crippen LogP contribution in [-0.2, 0) is 0 Å². The van der Waals surface area contributed by atoms with E-state index in [-0.39, 0.29) is 0 Å². The van der Waals surface area contributed by atoms with Crippen molar-refractivity contribution in [3.05, 3.63) is 0 Å². The van der Waals surface area contributed by atoms with Crippen molar-refractivity contribution in [3.8, 4) is 0 Å². The van der Waals surface area contributed by atoms with Crippen LogP contribution in [0.25, 0.3) is 0 Å². The molecular weight excluding hydrogens is 146 g/mol. The van der Waals surface area contributed by atoms with E-state index in [1.807, 2.05) is 7.05 Å². The van der Waals surface area contributed by atoms with Crippen molar-refractivity contribution in [2.24, 2.45) is 11.3 Å². The Labute approximate surface area is 77.9 Å². The average molecular weight is 171 g/mol. The largest absolute Gasteiger partial charge is 0.320 e. The lowest BCUT2D eigenvalue weighted by Crippen LogP contribution is -2.26. The van der Waals surface area contributed by atoms with Crippen molar-refractivity contribution in [2.45, 2.75) is 47.0 Å². The van der Waals surface area contributed by atoms with Crippen molar-refractivity contribution in [1.82, 2.24) is 5.32 Å². The number of rotatable bonds is 6. The second kappa shape index (κ2) is 5.58. The minimum Gasteiger partial charge on any atom is -0.320 e. The maximum atomic E-state index is 3.22. The van der Waals surface area contributed by atoms with Gasteiger partial charge in [-0.2, -0.15) is 0 Å². The molecule has 0 aliphatic carbocycles. The van der Waals surface area contributed by atoms with E-state index >= 15 is 0 Å². The van der Waals surface area contributed by atoms with E-state index in [4.69, 9.17) is 0 Å². The van der Waals surface area contributed by atoms with Gasteiger partial charge >= 0.3 is 0 Å². The van der Waals surface area contributed by atoms with Crippen LogP contribution in [-0.4, -0.2) is 13.6 Å². The molecule has 0 aromatic rings. The molecule has 0 spiro atoms. The lowest BCUT2D eigenvalue weighted by atomic mass is 9.75. The van der Waals surface area contributed by atoms with Crippen LogP contribution < -0.4 is 5.32 Å². The molecular formula is C11H25N. The maximum Gasteiger partial charge on any atom is -0.00467 e. The van der Waals surface area contributed by atoms with Crippen LogP contribution in [0.2, 0.25) is 0 Å². The van der Waals surface area contributed by atoms with E-state index in [1.165, 1.54) is 19.3 Å². The maximum absolute atomic E-state index is 3.22. The predicted molar refractivity (Wildman–Crippen MR) is 56.4 cm³/mol. The van der Waals surface area contributed by atoms with E-state index in [1.54, 1.807) is 0 Å². The van der Waals surface area contributed by atoms with Gasteiger partial charge in [-0.3, -0.25) is 0 Å². The Morgan fingerprint density at radius 3 is 2.33 bits per heavy atom. The highest BCUT2D eigenvalue weighted by Crippen LogP contribution is 2.32. The number of hydrogen-bond acceptors (Lipinski definition) is 1. The molecule has 1 nitrogen and oxygen atoms in total. The quantitative estimate of drug-likeness (QED) is 0.647. The molecule has 1 N–H and O–H groups in total. The van der Waals surface area contributed by atoms with Crippen molar-refractivity contribution in [2.75, 3.05) is 13.6 Å². The van der Waals surface area contributed by atoms with E-state index in [2.05, 4.69) is 33.0 Å². The molecule has 74 valence electrons. The third-order valence-corrected chi connectivity index (χ3v) is 3.08. The number of hydrogen-bond donors (Lipinski definition) is 1. The first kappa shape index (κ1) is 12.0. The van der Waals surface area contributed by atoms with Crippen LogP contribution >= 0.6 is 0 Å². The fraction of sp³-hybridized carbons (Fsp3) is 1.00. The van der Waals surface area contributed by atoms with E-state index in [0.717, 1.165) is 12.5 Å². The van der Waals surface area contributed by atoms with Gasteiger partial charge in [0.05, 0.1) is 0 Å². The van der Waals surface area contributed by atoms with Gasteiger partial charge in [-0.15, -0.1) is 0 Å². The summed E-state index contributed by atoms with van der Waals surface area (Å²) in [6.07, 6.45) is 3.95. The zero-order chi connectivity index (χ0) is 9.61. The molecule has 0 aromatic carbocycles. The molecule has 0 heterocycles. The summed E-state index contributed by atoms with van der Waals surface area (Å²) in [5.41, 5.74) is 0.499. The Morgan fingerprint density at radius 1 is 1.33 bits per heavy atom. The molecule has 0 radical (unpaired) electrons. The Morgan fingerprint density at radius 2 is 1.92 bits per heavy atom. The third kappa shape index (κ3) is 4.10. The zero-order valence-electron chi connectivity index (χ0n) is 9.41. The lowest BCUT2D eigenvalue weighted by molar-refractivity contribution is 0.199. The summed E-state index contributed by atoms with van der Waals surface area (Å²) in [7, 11) is 2.03. The highest BCUT2D eigenvalue weighted by atomic mass is 14.8. The molecule has 0 saturated carbocycles. The Hall–Kier alpha value is -0.0400. The molecule has 0 aromatic heterocycles. The van der Waals surface area contributed by atoms with Gasteiger partial charge in [-0.25, -0.2) is 0 Å². The van der Waals surface area contributed by atoms with Crippen LogP contribution in [0.15, 0.2) is 0 Å². The summed E-state index contributed by atoms with van der Waals surface area (Å²) in [5, 5.41) is 3.22. The van der Waals surface area contributed by atoms with Gasteiger partial charge in [0.25, 0.3) is 0 Å². The molecule has 12 heavy (non-hydrogen) atoms. The number of nitrogens with one attached hydrogen (secondary N) is 1. The summed E-state index contributed by atoms with van der Waals surface area (Å²) in [5.74, 6) is 0.843. The fourth-order valence-corrected chi connectivity index (χ4v) is 1.52. The van der Waals surface area contributed by atoms with Crippen LogP contribution in [0, 0.1) is 11.3 Å². The van der Waals surface area contributed by atoms with Crippen LogP contribution in [0.3, 0.4) is 0 Å². The molecule has 1 unspecified atom stereocenters. The SMILES string of the molecule is CCCC(C)C(C)(C)CCNC. The van der Waals surface area contributed by atoms with Crippen LogP contribution in [0.1, 0.15) is 47.0 Å². The first-order chi connectivity index (χ1) is 5.54. The zero-order valence-corrected chi connectivity index (χ0v) is 9.41. The molecule has 0 rings (SSSR count). The van der Waals surface area contributed by atoms with Gasteiger partial charge in [0.1, 0.15) is 0 Å². The predicted octanol–water partition coefficient (Wildman–Crippen LogP) is 3.06. The van der Waals surface area contributed by atoms with E-state index in [9.17, 15) is 0 Å². The van der Waals surface area contributed by atoms with Crippen molar-refractivity contribution in [3.63, 3.8) is 0 Å². The summed E-state index contributed by atoms with van der Waals surface area (Å²) in [6, 6.07) is 0. The summed E-state index contributed by atoms with van der Waals surface area (Å²) < 4.78 is 0. The molecule has 0 aliphatic rings. The molecule has 0 amide bonds. The van der Waals surface area contributed by atoms with Crippen molar-refractivity contribution in [1.29, 1.82) is 0 Å². The average Bonchev–Trinajstić information content (AvgIpc) is 2.01. The fourth-order valence-electron chi connectivity index (χ4n) is 1.52. The normalized spacial score (nSPS) is 14.8. The second-order valence-corrected chi connectivity index (χ2v) is 4.53. The van der Waals surface area contributed by atoms with Crippen LogP contribution in [0.4, 0.5) is 0 Å². The highest BCUT2D eigenvalue weighted by molar-refractivity contribution is 4.75. The Balaban J connectivity index is 3.81. The monoisotopic (exact) mass is 171 g/mol. The smallest absolute Gasteiger partial charge is 0.00467 e. The standard InChI is InChI=1S/C11H25N/c1-6-7-10(2)11(3,4)8-9-12-5/h10,12H,6-9H2,1-5H3. The highest BCUT2D eigenvalue weighted by Gasteiger charge is 2.23. The van der Waals surface area contributed by atoms with E-state index in [0.29, 0.717) is 5.41 Å². The van der Waals surface area contributed by atoms with Gasteiger partial charge in [0.2, 0.25) is 0 Å². The first-order valence-corrected chi connectivity index (χ1v) is 5.19. The minimum absolute atomic E-state index is 0.499. The molecule has 0 aliphatic heterocycles. The molecule has 1 heteroatoms. The summed E-state index contributed by atoms with van der Waals surface area (Å²) >= 11 is 0. The van der Waals surface area contributed by atoms with Crippen molar-refractivity contribution >= 4 is 0 Å². The topological polar surface area (TPSA) is 12.0 Å². The summed E-state index contributed by atoms with van der Waals surface area (Å²) in [4.78, 5) is 0. The summed E-state index contributed by atoms with van der Waals surface area (Å²) in [6.45, 7) is 10.5. The van der Waals surface area contributed by atoms with Gasteiger partial charge in [-0.1, -0.05) is 40.5 Å². The molecule has 0 bridgehead atoms. The Bertz CT molecular complexity index is 108. The first-order valence-electron chi connectivity index (χ1n) is 5.19. The lowest BCUT2D eigenvalue weighted by Gasteiger charge is -2.31. The van der Waals surface area contributed by atoms with Gasteiger partial charge in [0, 0.05) is 0 Å². The van der Waals surface area contributed by atoms with Gasteiger partial charge in [-0.05, 0) is 31.3 Å². The van der Waals surface area contributed by atoms with Crippen molar-refractivity contribution < 1.29 is 0 Å². The van der Waals surface area contributed by atoms with Gasteiger partial charge in [0.15, 0.2) is 0 Å². The molecule has 1 atom stereocenters.